The number of nitrogens with zero attached hydrogens (tertiary/aromatic N) is 1. The van der Waals surface area contributed by atoms with Crippen molar-refractivity contribution in [1.82, 2.24) is 4.98 Å². The Hall–Kier alpha value is -2.41. The average molecular weight is 364 g/mol. The van der Waals surface area contributed by atoms with Crippen LogP contribution in [-0.2, 0) is 4.79 Å². The Kier molecular flexibility index (Phi) is 5.11. The Balaban J connectivity index is 2.22. The summed E-state index contributed by atoms with van der Waals surface area (Å²) in [5.41, 5.74) is 1.45. The molecule has 6 nitrogen and oxygen atoms in total. The summed E-state index contributed by atoms with van der Waals surface area (Å²) in [5.74, 6) is -0.0111. The average Bonchev–Trinajstić information content (AvgIpc) is 2.47. The number of ether oxygens (including phenoxy) is 1. The first kappa shape index (κ1) is 16.0. The van der Waals surface area contributed by atoms with E-state index in [0.29, 0.717) is 27.2 Å². The number of halogens is 1. The van der Waals surface area contributed by atoms with Crippen molar-refractivity contribution in [2.75, 3.05) is 17.7 Å². The van der Waals surface area contributed by atoms with E-state index in [2.05, 4.69) is 31.5 Å². The van der Waals surface area contributed by atoms with E-state index in [4.69, 9.17) is 4.74 Å². The minimum Gasteiger partial charge on any atom is -0.495 e. The first-order valence-electron chi connectivity index (χ1n) is 6.37. The minimum absolute atomic E-state index is 0.224. The molecule has 2 rings (SSSR count). The number of anilines is 2. The molecule has 0 aliphatic rings. The van der Waals surface area contributed by atoms with Crippen molar-refractivity contribution in [2.24, 2.45) is 0 Å². The van der Waals surface area contributed by atoms with Crippen LogP contribution in [0.5, 0.6) is 5.75 Å². The zero-order valence-corrected chi connectivity index (χ0v) is 13.6. The fraction of sp³-hybridized carbons (Fsp3) is 0.133. The monoisotopic (exact) mass is 363 g/mol. The first-order valence-corrected chi connectivity index (χ1v) is 7.16. The van der Waals surface area contributed by atoms with Gasteiger partial charge in [-0.15, -0.1) is 0 Å². The molecule has 0 atom stereocenters. The van der Waals surface area contributed by atoms with E-state index in [1.165, 1.54) is 20.2 Å². The van der Waals surface area contributed by atoms with Gasteiger partial charge in [0, 0.05) is 29.5 Å². The summed E-state index contributed by atoms with van der Waals surface area (Å²) in [7, 11) is 1.51. The number of pyridine rings is 1. The van der Waals surface area contributed by atoms with Crippen molar-refractivity contribution in [3.63, 3.8) is 0 Å². The van der Waals surface area contributed by atoms with Crippen LogP contribution in [0.25, 0.3) is 0 Å². The van der Waals surface area contributed by atoms with Gasteiger partial charge in [-0.2, -0.15) is 0 Å². The Morgan fingerprint density at radius 3 is 2.59 bits per heavy atom. The molecule has 0 saturated heterocycles. The van der Waals surface area contributed by atoms with Gasteiger partial charge in [0.2, 0.25) is 5.91 Å². The third-order valence-corrected chi connectivity index (χ3v) is 3.17. The number of benzene rings is 1. The third kappa shape index (κ3) is 4.05. The van der Waals surface area contributed by atoms with E-state index in [1.807, 2.05) is 0 Å². The first-order chi connectivity index (χ1) is 10.5. The summed E-state index contributed by atoms with van der Waals surface area (Å²) in [6.07, 6.45) is 3.07. The number of carbonyl (C=O) groups excluding carboxylic acids is 2. The Bertz CT molecular complexity index is 719. The topological polar surface area (TPSA) is 80.3 Å². The van der Waals surface area contributed by atoms with Crippen LogP contribution in [0.3, 0.4) is 0 Å². The Morgan fingerprint density at radius 1 is 1.18 bits per heavy atom. The summed E-state index contributed by atoms with van der Waals surface area (Å²) < 4.78 is 5.88. The summed E-state index contributed by atoms with van der Waals surface area (Å²) in [4.78, 5) is 27.3. The quantitative estimate of drug-likeness (QED) is 0.874. The maximum Gasteiger partial charge on any atom is 0.257 e. The molecular weight excluding hydrogens is 350 g/mol. The number of aromatic nitrogens is 1. The number of rotatable bonds is 4. The van der Waals surface area contributed by atoms with Gasteiger partial charge in [0.1, 0.15) is 5.75 Å². The zero-order valence-electron chi connectivity index (χ0n) is 12.0. The lowest BCUT2D eigenvalue weighted by Crippen LogP contribution is -2.13. The summed E-state index contributed by atoms with van der Waals surface area (Å²) in [5, 5.41) is 5.40. The highest BCUT2D eigenvalue weighted by molar-refractivity contribution is 9.10. The maximum absolute atomic E-state index is 12.2. The van der Waals surface area contributed by atoms with Gasteiger partial charge < -0.3 is 15.4 Å². The molecule has 0 saturated carbocycles. The van der Waals surface area contributed by atoms with E-state index in [9.17, 15) is 9.59 Å². The summed E-state index contributed by atoms with van der Waals surface area (Å²) >= 11 is 3.27. The number of hydrogen-bond donors (Lipinski definition) is 2. The molecule has 7 heteroatoms. The highest BCUT2D eigenvalue weighted by Gasteiger charge is 2.10. The van der Waals surface area contributed by atoms with Crippen LogP contribution in [0.2, 0.25) is 0 Å². The fourth-order valence-corrected chi connectivity index (χ4v) is 2.18. The van der Waals surface area contributed by atoms with Gasteiger partial charge in [0.25, 0.3) is 5.91 Å². The van der Waals surface area contributed by atoms with E-state index in [1.54, 1.807) is 30.5 Å². The van der Waals surface area contributed by atoms with Crippen LogP contribution in [-0.4, -0.2) is 23.9 Å². The number of hydrogen-bond acceptors (Lipinski definition) is 4. The Morgan fingerprint density at radius 2 is 1.95 bits per heavy atom. The van der Waals surface area contributed by atoms with Gasteiger partial charge >= 0.3 is 0 Å². The molecule has 0 aliphatic carbocycles. The lowest BCUT2D eigenvalue weighted by Gasteiger charge is -2.12. The summed E-state index contributed by atoms with van der Waals surface area (Å²) in [6, 6.07) is 6.65. The number of methoxy groups -OCH3 is 1. The third-order valence-electron chi connectivity index (χ3n) is 2.74. The highest BCUT2D eigenvalue weighted by atomic mass is 79.9. The fourth-order valence-electron chi connectivity index (χ4n) is 1.81. The number of carbonyl (C=O) groups is 2. The molecule has 0 spiro atoms. The Labute approximate surface area is 136 Å². The highest BCUT2D eigenvalue weighted by Crippen LogP contribution is 2.28. The van der Waals surface area contributed by atoms with Gasteiger partial charge in [0.15, 0.2) is 0 Å². The van der Waals surface area contributed by atoms with Crippen molar-refractivity contribution in [1.29, 1.82) is 0 Å². The van der Waals surface area contributed by atoms with E-state index in [0.717, 1.165) is 0 Å². The smallest absolute Gasteiger partial charge is 0.257 e. The van der Waals surface area contributed by atoms with Crippen LogP contribution in [0, 0.1) is 0 Å². The molecule has 2 aromatic rings. The summed E-state index contributed by atoms with van der Waals surface area (Å²) in [6.45, 7) is 1.40. The van der Waals surface area contributed by atoms with Crippen LogP contribution < -0.4 is 15.4 Å². The minimum atomic E-state index is -0.298. The molecule has 2 N–H and O–H groups in total. The van der Waals surface area contributed by atoms with Crippen LogP contribution in [0.15, 0.2) is 41.1 Å². The predicted molar refractivity (Wildman–Crippen MR) is 87.2 cm³/mol. The molecule has 0 radical (unpaired) electrons. The second-order valence-electron chi connectivity index (χ2n) is 4.44. The van der Waals surface area contributed by atoms with E-state index in [-0.39, 0.29) is 11.8 Å². The molecule has 0 fully saturated rings. The second-order valence-corrected chi connectivity index (χ2v) is 5.36. The van der Waals surface area contributed by atoms with Crippen molar-refractivity contribution in [2.45, 2.75) is 6.92 Å². The predicted octanol–water partition coefficient (Wildman–Crippen LogP) is 3.06. The van der Waals surface area contributed by atoms with Crippen LogP contribution >= 0.6 is 15.9 Å². The zero-order chi connectivity index (χ0) is 16.1. The lowest BCUT2D eigenvalue weighted by atomic mass is 10.2. The van der Waals surface area contributed by atoms with Crippen LogP contribution in [0.4, 0.5) is 11.4 Å². The van der Waals surface area contributed by atoms with Gasteiger partial charge in [-0.1, -0.05) is 0 Å². The molecule has 1 heterocycles. The van der Waals surface area contributed by atoms with Crippen molar-refractivity contribution in [3.05, 3.63) is 46.7 Å². The van der Waals surface area contributed by atoms with Crippen LogP contribution in [0.1, 0.15) is 17.3 Å². The maximum atomic E-state index is 12.2. The van der Waals surface area contributed by atoms with E-state index < -0.39 is 0 Å². The standard InChI is InChI=1S/C15H14BrN3O3/c1-9(20)18-13-6-12(3-4-14(13)22-2)19-15(21)10-5-11(16)8-17-7-10/h3-8H,1-2H3,(H,18,20)(H,19,21). The van der Waals surface area contributed by atoms with E-state index >= 15 is 0 Å². The molecule has 22 heavy (non-hydrogen) atoms. The normalized spacial score (nSPS) is 9.95. The lowest BCUT2D eigenvalue weighted by molar-refractivity contribution is -0.114. The number of amides is 2. The van der Waals surface area contributed by atoms with Gasteiger partial charge in [-0.05, 0) is 40.2 Å². The molecule has 1 aromatic heterocycles. The molecule has 0 bridgehead atoms. The van der Waals surface area contributed by atoms with Gasteiger partial charge in [-0.3, -0.25) is 14.6 Å². The van der Waals surface area contributed by atoms with Crippen molar-refractivity contribution < 1.29 is 14.3 Å². The van der Waals surface area contributed by atoms with Crippen molar-refractivity contribution >= 4 is 39.1 Å². The molecule has 1 aromatic carbocycles. The molecule has 0 aliphatic heterocycles. The second kappa shape index (κ2) is 7.04. The van der Waals surface area contributed by atoms with Crippen molar-refractivity contribution in [3.8, 4) is 5.75 Å². The molecule has 114 valence electrons. The molecule has 0 unspecified atom stereocenters. The molecule has 2 amide bonds. The SMILES string of the molecule is COc1ccc(NC(=O)c2cncc(Br)c2)cc1NC(C)=O. The largest absolute Gasteiger partial charge is 0.495 e. The number of nitrogens with one attached hydrogen (secondary N) is 2. The molecular formula is C15H14BrN3O3. The van der Waals surface area contributed by atoms with Gasteiger partial charge in [0.05, 0.1) is 18.4 Å². The van der Waals surface area contributed by atoms with Gasteiger partial charge in [-0.25, -0.2) is 0 Å².